The standard InChI is InChI=1S/C14H8ClF4NO/c15-11-6-5-8(7-10(11)14(17,18)19)20-13(21)9-3-1-2-4-12(9)16/h1-7H,(H,20,21). The first-order valence-corrected chi connectivity index (χ1v) is 6.09. The monoisotopic (exact) mass is 317 g/mol. The molecule has 1 amide bonds. The van der Waals surface area contributed by atoms with Crippen LogP contribution in [0.1, 0.15) is 15.9 Å². The van der Waals surface area contributed by atoms with E-state index in [1.807, 2.05) is 0 Å². The Balaban J connectivity index is 2.29. The first kappa shape index (κ1) is 15.3. The van der Waals surface area contributed by atoms with Gasteiger partial charge in [0.2, 0.25) is 0 Å². The van der Waals surface area contributed by atoms with E-state index in [1.54, 1.807) is 0 Å². The van der Waals surface area contributed by atoms with Gasteiger partial charge in [-0.3, -0.25) is 4.79 Å². The van der Waals surface area contributed by atoms with Gasteiger partial charge in [0, 0.05) is 5.69 Å². The number of nitrogens with one attached hydrogen (secondary N) is 1. The molecule has 2 nitrogen and oxygen atoms in total. The number of rotatable bonds is 2. The summed E-state index contributed by atoms with van der Waals surface area (Å²) < 4.78 is 51.5. The molecule has 21 heavy (non-hydrogen) atoms. The molecule has 0 atom stereocenters. The van der Waals surface area contributed by atoms with Crippen LogP contribution in [0.5, 0.6) is 0 Å². The van der Waals surface area contributed by atoms with Crippen LogP contribution in [0.25, 0.3) is 0 Å². The lowest BCUT2D eigenvalue weighted by Crippen LogP contribution is -2.14. The molecule has 0 aliphatic heterocycles. The maximum absolute atomic E-state index is 13.4. The van der Waals surface area contributed by atoms with Gasteiger partial charge in [-0.15, -0.1) is 0 Å². The zero-order valence-electron chi connectivity index (χ0n) is 10.3. The molecule has 0 saturated carbocycles. The third-order valence-electron chi connectivity index (χ3n) is 2.65. The molecule has 7 heteroatoms. The predicted molar refractivity (Wildman–Crippen MR) is 70.8 cm³/mol. The van der Waals surface area contributed by atoms with Crippen molar-refractivity contribution in [3.63, 3.8) is 0 Å². The Hall–Kier alpha value is -2.08. The zero-order valence-corrected chi connectivity index (χ0v) is 11.1. The van der Waals surface area contributed by atoms with Crippen LogP contribution < -0.4 is 5.32 Å². The summed E-state index contributed by atoms with van der Waals surface area (Å²) in [4.78, 5) is 11.8. The largest absolute Gasteiger partial charge is 0.417 e. The van der Waals surface area contributed by atoms with E-state index in [2.05, 4.69) is 5.32 Å². The van der Waals surface area contributed by atoms with Gasteiger partial charge < -0.3 is 5.32 Å². The number of hydrogen-bond acceptors (Lipinski definition) is 1. The smallest absolute Gasteiger partial charge is 0.322 e. The molecular weight excluding hydrogens is 310 g/mol. The Morgan fingerprint density at radius 2 is 1.76 bits per heavy atom. The van der Waals surface area contributed by atoms with Crippen molar-refractivity contribution in [2.75, 3.05) is 5.32 Å². The third-order valence-corrected chi connectivity index (χ3v) is 2.98. The molecule has 0 spiro atoms. The van der Waals surface area contributed by atoms with Crippen LogP contribution >= 0.6 is 11.6 Å². The fourth-order valence-electron chi connectivity index (χ4n) is 1.66. The SMILES string of the molecule is O=C(Nc1ccc(Cl)c(C(F)(F)F)c1)c1ccccc1F. The van der Waals surface area contributed by atoms with Crippen molar-refractivity contribution in [2.45, 2.75) is 6.18 Å². The van der Waals surface area contributed by atoms with Crippen LogP contribution in [0.4, 0.5) is 23.2 Å². The molecule has 110 valence electrons. The van der Waals surface area contributed by atoms with Gasteiger partial charge in [-0.25, -0.2) is 4.39 Å². The minimum absolute atomic E-state index is 0.125. The van der Waals surface area contributed by atoms with Gasteiger partial charge in [-0.1, -0.05) is 23.7 Å². The van der Waals surface area contributed by atoms with Crippen molar-refractivity contribution in [3.8, 4) is 0 Å². The lowest BCUT2D eigenvalue weighted by molar-refractivity contribution is -0.137. The Labute approximate surface area is 122 Å². The Morgan fingerprint density at radius 3 is 2.38 bits per heavy atom. The topological polar surface area (TPSA) is 29.1 Å². The second kappa shape index (κ2) is 5.73. The number of amides is 1. The molecule has 0 saturated heterocycles. The van der Waals surface area contributed by atoms with Gasteiger partial charge >= 0.3 is 6.18 Å². The van der Waals surface area contributed by atoms with Gasteiger partial charge in [0.15, 0.2) is 0 Å². The highest BCUT2D eigenvalue weighted by Gasteiger charge is 2.33. The van der Waals surface area contributed by atoms with Gasteiger partial charge in [0.05, 0.1) is 16.1 Å². The molecule has 0 aliphatic carbocycles. The van der Waals surface area contributed by atoms with Crippen LogP contribution in [0.2, 0.25) is 5.02 Å². The molecule has 0 aromatic heterocycles. The summed E-state index contributed by atoms with van der Waals surface area (Å²) in [6.07, 6.45) is -4.64. The highest BCUT2D eigenvalue weighted by atomic mass is 35.5. The van der Waals surface area contributed by atoms with Crippen molar-refractivity contribution in [2.24, 2.45) is 0 Å². The van der Waals surface area contributed by atoms with Gasteiger partial charge in [-0.2, -0.15) is 13.2 Å². The van der Waals surface area contributed by atoms with Crippen molar-refractivity contribution >= 4 is 23.2 Å². The molecule has 0 heterocycles. The van der Waals surface area contributed by atoms with E-state index < -0.39 is 28.5 Å². The summed E-state index contributed by atoms with van der Waals surface area (Å²) in [6, 6.07) is 8.07. The second-order valence-electron chi connectivity index (χ2n) is 4.13. The van der Waals surface area contributed by atoms with Crippen LogP contribution in [0.3, 0.4) is 0 Å². The van der Waals surface area contributed by atoms with Crippen molar-refractivity contribution in [3.05, 3.63) is 64.4 Å². The summed E-state index contributed by atoms with van der Waals surface area (Å²) >= 11 is 5.47. The van der Waals surface area contributed by atoms with Crippen LogP contribution in [0, 0.1) is 5.82 Å². The van der Waals surface area contributed by atoms with E-state index in [-0.39, 0.29) is 11.3 Å². The highest BCUT2D eigenvalue weighted by Crippen LogP contribution is 2.36. The second-order valence-corrected chi connectivity index (χ2v) is 4.53. The molecule has 0 bridgehead atoms. The molecule has 1 N–H and O–H groups in total. The van der Waals surface area contributed by atoms with E-state index in [1.165, 1.54) is 24.3 Å². The molecule has 0 aliphatic rings. The highest BCUT2D eigenvalue weighted by molar-refractivity contribution is 6.31. The number of anilines is 1. The quantitative estimate of drug-likeness (QED) is 0.796. The fraction of sp³-hybridized carbons (Fsp3) is 0.0714. The van der Waals surface area contributed by atoms with Gasteiger partial charge in [0.1, 0.15) is 5.82 Å². The molecule has 0 radical (unpaired) electrons. The van der Waals surface area contributed by atoms with Gasteiger partial charge in [0.25, 0.3) is 5.91 Å². The van der Waals surface area contributed by atoms with Crippen molar-refractivity contribution < 1.29 is 22.4 Å². The lowest BCUT2D eigenvalue weighted by Gasteiger charge is -2.12. The van der Waals surface area contributed by atoms with E-state index in [4.69, 9.17) is 11.6 Å². The van der Waals surface area contributed by atoms with Crippen LogP contribution in [-0.4, -0.2) is 5.91 Å². The predicted octanol–water partition coefficient (Wildman–Crippen LogP) is 4.75. The molecule has 2 rings (SSSR count). The number of alkyl halides is 3. The summed E-state index contributed by atoms with van der Waals surface area (Å²) in [7, 11) is 0. The van der Waals surface area contributed by atoms with Gasteiger partial charge in [-0.05, 0) is 30.3 Å². The zero-order chi connectivity index (χ0) is 15.6. The average molecular weight is 318 g/mol. The van der Waals surface area contributed by atoms with E-state index in [0.717, 1.165) is 12.1 Å². The summed E-state index contributed by atoms with van der Waals surface area (Å²) in [5.74, 6) is -1.61. The van der Waals surface area contributed by atoms with E-state index in [9.17, 15) is 22.4 Å². The fourth-order valence-corrected chi connectivity index (χ4v) is 1.89. The normalized spacial score (nSPS) is 11.3. The Bertz CT molecular complexity index is 685. The average Bonchev–Trinajstić information content (AvgIpc) is 2.40. The minimum atomic E-state index is -4.64. The third kappa shape index (κ3) is 3.52. The van der Waals surface area contributed by atoms with Crippen molar-refractivity contribution in [1.29, 1.82) is 0 Å². The molecule has 2 aromatic carbocycles. The number of halogens is 5. The first-order chi connectivity index (χ1) is 9.79. The Kier molecular flexibility index (Phi) is 4.18. The Morgan fingerprint density at radius 1 is 1.10 bits per heavy atom. The number of benzene rings is 2. The summed E-state index contributed by atoms with van der Waals surface area (Å²) in [5, 5.41) is 1.72. The maximum atomic E-state index is 13.4. The molecule has 0 unspecified atom stereocenters. The number of carbonyl (C=O) groups is 1. The molecule has 0 fully saturated rings. The minimum Gasteiger partial charge on any atom is -0.322 e. The van der Waals surface area contributed by atoms with E-state index in [0.29, 0.717) is 6.07 Å². The summed E-state index contributed by atoms with van der Waals surface area (Å²) in [6.45, 7) is 0. The maximum Gasteiger partial charge on any atom is 0.417 e. The van der Waals surface area contributed by atoms with Crippen LogP contribution in [-0.2, 0) is 6.18 Å². The number of carbonyl (C=O) groups excluding carboxylic acids is 1. The van der Waals surface area contributed by atoms with E-state index >= 15 is 0 Å². The molecule has 2 aromatic rings. The van der Waals surface area contributed by atoms with Crippen molar-refractivity contribution in [1.82, 2.24) is 0 Å². The van der Waals surface area contributed by atoms with Crippen LogP contribution in [0.15, 0.2) is 42.5 Å². The molecular formula is C14H8ClF4NO. The lowest BCUT2D eigenvalue weighted by atomic mass is 10.1. The summed E-state index contributed by atoms with van der Waals surface area (Å²) in [5.41, 5.74) is -1.46. The number of hydrogen-bond donors (Lipinski definition) is 1. The first-order valence-electron chi connectivity index (χ1n) is 5.71.